The molecule has 0 aliphatic carbocycles. The number of pyridine rings is 2. The van der Waals surface area contributed by atoms with Crippen molar-refractivity contribution < 1.29 is 9.53 Å². The smallest absolute Gasteiger partial charge is 0.267 e. The van der Waals surface area contributed by atoms with Crippen molar-refractivity contribution in [1.82, 2.24) is 14.5 Å². The second-order valence-electron chi connectivity index (χ2n) is 7.84. The number of carbonyl (C=O) groups is 1. The molecule has 5 rings (SSSR count). The van der Waals surface area contributed by atoms with E-state index in [1.807, 2.05) is 41.3 Å². The lowest BCUT2D eigenvalue weighted by atomic mass is 10.1. The van der Waals surface area contributed by atoms with Crippen molar-refractivity contribution >= 4 is 38.2 Å². The van der Waals surface area contributed by atoms with E-state index in [4.69, 9.17) is 4.74 Å². The molecule has 1 aliphatic rings. The lowest BCUT2D eigenvalue weighted by molar-refractivity contribution is 0.0725. The number of para-hydroxylation sites is 1. The van der Waals surface area contributed by atoms with Crippen LogP contribution in [0.4, 0.5) is 0 Å². The highest BCUT2D eigenvalue weighted by molar-refractivity contribution is 7.22. The summed E-state index contributed by atoms with van der Waals surface area (Å²) in [5.74, 6) is 0.357. The van der Waals surface area contributed by atoms with Gasteiger partial charge in [0.05, 0.1) is 10.2 Å². The summed E-state index contributed by atoms with van der Waals surface area (Å²) in [5, 5.41) is 1.44. The highest BCUT2D eigenvalue weighted by atomic mass is 32.1. The van der Waals surface area contributed by atoms with Crippen molar-refractivity contribution in [1.29, 1.82) is 0 Å². The van der Waals surface area contributed by atoms with Gasteiger partial charge in [0, 0.05) is 37.9 Å². The first kappa shape index (κ1) is 19.8. The molecule has 7 heteroatoms. The molecule has 31 heavy (non-hydrogen) atoms. The highest BCUT2D eigenvalue weighted by Gasteiger charge is 2.28. The Morgan fingerprint density at radius 2 is 1.84 bits per heavy atom. The number of hydrogen-bond acceptors (Lipinski definition) is 5. The number of aromatic nitrogens is 2. The standard InChI is InChI=1S/C24H23N3O3S/c1-26-18-8-4-3-7-17(18)21-19(23(26)28)20(30-15-16-9-11-25-12-10-16)22(31-21)24(29)27-13-5-2-6-14-27/h3-4,7-12H,2,5-6,13-15H2,1H3. The average molecular weight is 434 g/mol. The summed E-state index contributed by atoms with van der Waals surface area (Å²) in [6.45, 7) is 1.76. The SMILES string of the molecule is Cn1c(=O)c2c(OCc3ccncc3)c(C(=O)N3CCCCC3)sc2c2ccccc21. The molecular formula is C24H23N3O3S. The number of rotatable bonds is 4. The minimum absolute atomic E-state index is 0.0447. The van der Waals surface area contributed by atoms with Crippen molar-refractivity contribution in [3.63, 3.8) is 0 Å². The number of hydrogen-bond donors (Lipinski definition) is 0. The third-order valence-electron chi connectivity index (χ3n) is 5.86. The van der Waals surface area contributed by atoms with Crippen LogP contribution in [0.25, 0.3) is 21.0 Å². The van der Waals surface area contributed by atoms with Crippen LogP contribution in [0.15, 0.2) is 53.6 Å². The van der Waals surface area contributed by atoms with E-state index in [1.165, 1.54) is 11.3 Å². The predicted molar refractivity (Wildman–Crippen MR) is 123 cm³/mol. The molecule has 1 aliphatic heterocycles. The summed E-state index contributed by atoms with van der Waals surface area (Å²) in [6, 6.07) is 11.5. The van der Waals surface area contributed by atoms with Crippen molar-refractivity contribution in [3.05, 3.63) is 69.6 Å². The first-order chi connectivity index (χ1) is 15.1. The Hall–Kier alpha value is -3.19. The number of thiophene rings is 1. The summed E-state index contributed by atoms with van der Waals surface area (Å²) < 4.78 is 8.64. The van der Waals surface area contributed by atoms with E-state index in [0.29, 0.717) is 16.0 Å². The Bertz CT molecular complexity index is 1320. The van der Waals surface area contributed by atoms with Crippen molar-refractivity contribution in [3.8, 4) is 5.75 Å². The van der Waals surface area contributed by atoms with Gasteiger partial charge in [0.1, 0.15) is 16.9 Å². The quantitative estimate of drug-likeness (QED) is 0.480. The van der Waals surface area contributed by atoms with Crippen molar-refractivity contribution in [2.24, 2.45) is 7.05 Å². The molecule has 0 bridgehead atoms. The number of fused-ring (bicyclic) bond motifs is 3. The number of ether oxygens (including phenoxy) is 1. The minimum atomic E-state index is -0.146. The Balaban J connectivity index is 1.70. The van der Waals surface area contributed by atoms with Crippen LogP contribution in [0.1, 0.15) is 34.5 Å². The van der Waals surface area contributed by atoms with E-state index in [9.17, 15) is 9.59 Å². The zero-order valence-electron chi connectivity index (χ0n) is 17.3. The average Bonchev–Trinajstić information content (AvgIpc) is 3.22. The predicted octanol–water partition coefficient (Wildman–Crippen LogP) is 4.35. The molecule has 3 aromatic heterocycles. The number of aryl methyl sites for hydroxylation is 1. The van der Waals surface area contributed by atoms with Gasteiger partial charge in [-0.25, -0.2) is 0 Å². The van der Waals surface area contributed by atoms with Crippen LogP contribution in [0, 0.1) is 0 Å². The molecule has 4 heterocycles. The topological polar surface area (TPSA) is 64.4 Å². The van der Waals surface area contributed by atoms with Gasteiger partial charge in [-0.05, 0) is 43.0 Å². The molecule has 4 aromatic rings. The Morgan fingerprint density at radius 3 is 2.61 bits per heavy atom. The molecule has 1 fully saturated rings. The van der Waals surface area contributed by atoms with Crippen LogP contribution in [-0.4, -0.2) is 33.4 Å². The number of amides is 1. The number of nitrogens with zero attached hydrogens (tertiary/aromatic N) is 3. The van der Waals surface area contributed by atoms with Gasteiger partial charge in [0.2, 0.25) is 0 Å². The second-order valence-corrected chi connectivity index (χ2v) is 8.86. The molecule has 0 atom stereocenters. The number of carbonyl (C=O) groups excluding carboxylic acids is 1. The third kappa shape index (κ3) is 3.49. The largest absolute Gasteiger partial charge is 0.486 e. The molecule has 0 unspecified atom stereocenters. The van der Waals surface area contributed by atoms with Crippen molar-refractivity contribution in [2.45, 2.75) is 25.9 Å². The first-order valence-electron chi connectivity index (χ1n) is 10.5. The van der Waals surface area contributed by atoms with E-state index < -0.39 is 0 Å². The van der Waals surface area contributed by atoms with Crippen LogP contribution in [-0.2, 0) is 13.7 Å². The maximum Gasteiger partial charge on any atom is 0.267 e. The molecule has 6 nitrogen and oxygen atoms in total. The third-order valence-corrected chi connectivity index (χ3v) is 7.06. The summed E-state index contributed by atoms with van der Waals surface area (Å²) in [6.07, 6.45) is 6.57. The van der Waals surface area contributed by atoms with Gasteiger partial charge in [-0.1, -0.05) is 18.2 Å². The van der Waals surface area contributed by atoms with Crippen LogP contribution in [0.2, 0.25) is 0 Å². The van der Waals surface area contributed by atoms with Crippen LogP contribution in [0.5, 0.6) is 5.75 Å². The lowest BCUT2D eigenvalue weighted by Gasteiger charge is -2.26. The normalized spacial score (nSPS) is 14.3. The minimum Gasteiger partial charge on any atom is -0.486 e. The van der Waals surface area contributed by atoms with Gasteiger partial charge in [0.25, 0.3) is 11.5 Å². The molecule has 1 amide bonds. The van der Waals surface area contributed by atoms with Gasteiger partial charge in [0.15, 0.2) is 5.75 Å². The van der Waals surface area contributed by atoms with Gasteiger partial charge < -0.3 is 14.2 Å². The van der Waals surface area contributed by atoms with Gasteiger partial charge in [-0.3, -0.25) is 14.6 Å². The fraction of sp³-hybridized carbons (Fsp3) is 0.292. The second kappa shape index (κ2) is 8.15. The van der Waals surface area contributed by atoms with E-state index in [0.717, 1.165) is 53.5 Å². The number of piperidine rings is 1. The van der Waals surface area contributed by atoms with E-state index in [-0.39, 0.29) is 18.1 Å². The van der Waals surface area contributed by atoms with Gasteiger partial charge in [-0.2, -0.15) is 0 Å². The lowest BCUT2D eigenvalue weighted by Crippen LogP contribution is -2.35. The Morgan fingerprint density at radius 1 is 1.10 bits per heavy atom. The highest BCUT2D eigenvalue weighted by Crippen LogP contribution is 2.40. The summed E-state index contributed by atoms with van der Waals surface area (Å²) >= 11 is 1.37. The van der Waals surface area contributed by atoms with Crippen LogP contribution >= 0.6 is 11.3 Å². The molecule has 1 aromatic carbocycles. The molecule has 0 N–H and O–H groups in total. The molecule has 0 spiro atoms. The fourth-order valence-electron chi connectivity index (χ4n) is 4.19. The summed E-state index contributed by atoms with van der Waals surface area (Å²) in [7, 11) is 1.76. The molecule has 0 saturated carbocycles. The zero-order chi connectivity index (χ0) is 21.4. The number of benzene rings is 1. The molecule has 1 saturated heterocycles. The van der Waals surface area contributed by atoms with Gasteiger partial charge >= 0.3 is 0 Å². The fourth-order valence-corrected chi connectivity index (χ4v) is 5.43. The zero-order valence-corrected chi connectivity index (χ0v) is 18.2. The van der Waals surface area contributed by atoms with E-state index in [2.05, 4.69) is 4.98 Å². The van der Waals surface area contributed by atoms with E-state index >= 15 is 0 Å². The van der Waals surface area contributed by atoms with Crippen LogP contribution in [0.3, 0.4) is 0 Å². The monoisotopic (exact) mass is 433 g/mol. The van der Waals surface area contributed by atoms with Crippen molar-refractivity contribution in [2.75, 3.05) is 13.1 Å². The first-order valence-corrected chi connectivity index (χ1v) is 11.3. The van der Waals surface area contributed by atoms with E-state index in [1.54, 1.807) is 24.0 Å². The molecule has 158 valence electrons. The maximum atomic E-state index is 13.5. The molecule has 0 radical (unpaired) electrons. The van der Waals surface area contributed by atoms with Gasteiger partial charge in [-0.15, -0.1) is 11.3 Å². The number of likely N-dealkylation sites (tertiary alicyclic amines) is 1. The summed E-state index contributed by atoms with van der Waals surface area (Å²) in [4.78, 5) is 33.3. The maximum absolute atomic E-state index is 13.5. The van der Waals surface area contributed by atoms with Crippen LogP contribution < -0.4 is 10.3 Å². The summed E-state index contributed by atoms with van der Waals surface area (Å²) in [5.41, 5.74) is 1.63. The Labute approximate surface area is 183 Å². The molecular weight excluding hydrogens is 410 g/mol. The Kier molecular flexibility index (Phi) is 5.19.